The zero-order valence-corrected chi connectivity index (χ0v) is 10.3. The first-order valence-corrected chi connectivity index (χ1v) is 6.27. The van der Waals surface area contributed by atoms with Crippen molar-refractivity contribution in [1.29, 1.82) is 0 Å². The minimum absolute atomic E-state index is 0.0803. The summed E-state index contributed by atoms with van der Waals surface area (Å²) in [5.41, 5.74) is 0.999. The highest BCUT2D eigenvalue weighted by Gasteiger charge is 2.24. The second-order valence-electron chi connectivity index (χ2n) is 4.70. The summed E-state index contributed by atoms with van der Waals surface area (Å²) in [5.74, 6) is -0.473. The Kier molecular flexibility index (Phi) is 4.33. The smallest absolute Gasteiger partial charge is 0.317 e. The molecule has 18 heavy (non-hydrogen) atoms. The first-order valence-electron chi connectivity index (χ1n) is 6.27. The first-order chi connectivity index (χ1) is 8.69. The van der Waals surface area contributed by atoms with Crippen LogP contribution in [0.1, 0.15) is 24.5 Å². The van der Waals surface area contributed by atoms with Crippen LogP contribution in [0.5, 0.6) is 0 Å². The number of aliphatic hydroxyl groups is 1. The predicted octanol–water partition coefficient (Wildman–Crippen LogP) is 0.139. The second kappa shape index (κ2) is 5.97. The van der Waals surface area contributed by atoms with Crippen molar-refractivity contribution in [2.24, 2.45) is 0 Å². The van der Waals surface area contributed by atoms with Gasteiger partial charge in [-0.2, -0.15) is 5.10 Å². The van der Waals surface area contributed by atoms with Crippen molar-refractivity contribution >= 4 is 5.97 Å². The van der Waals surface area contributed by atoms with E-state index in [4.69, 9.17) is 10.2 Å². The van der Waals surface area contributed by atoms with Gasteiger partial charge in [-0.05, 0) is 25.5 Å². The highest BCUT2D eigenvalue weighted by molar-refractivity contribution is 5.69. The highest BCUT2D eigenvalue weighted by atomic mass is 16.4. The van der Waals surface area contributed by atoms with E-state index in [1.807, 2.05) is 17.2 Å². The van der Waals surface area contributed by atoms with Crippen LogP contribution >= 0.6 is 0 Å². The van der Waals surface area contributed by atoms with E-state index in [2.05, 4.69) is 5.10 Å². The van der Waals surface area contributed by atoms with Gasteiger partial charge in [0, 0.05) is 18.7 Å². The van der Waals surface area contributed by atoms with Crippen LogP contribution in [0.25, 0.3) is 0 Å². The van der Waals surface area contributed by atoms with Gasteiger partial charge in [0.25, 0.3) is 0 Å². The summed E-state index contributed by atoms with van der Waals surface area (Å²) in [6.45, 7) is 2.29. The average molecular weight is 253 g/mol. The number of nitrogens with zero attached hydrogens (tertiary/aromatic N) is 3. The highest BCUT2D eigenvalue weighted by Crippen LogP contribution is 2.25. The predicted molar refractivity (Wildman–Crippen MR) is 65.4 cm³/mol. The maximum atomic E-state index is 10.7. The van der Waals surface area contributed by atoms with Crippen LogP contribution in [-0.2, 0) is 11.3 Å². The minimum atomic E-state index is -0.776. The number of hydrogen-bond acceptors (Lipinski definition) is 4. The van der Waals surface area contributed by atoms with Gasteiger partial charge in [-0.1, -0.05) is 0 Å². The fourth-order valence-electron chi connectivity index (χ4n) is 2.45. The molecule has 1 saturated heterocycles. The van der Waals surface area contributed by atoms with Gasteiger partial charge in [0.15, 0.2) is 0 Å². The van der Waals surface area contributed by atoms with E-state index in [1.54, 1.807) is 4.68 Å². The van der Waals surface area contributed by atoms with Crippen molar-refractivity contribution in [3.63, 3.8) is 0 Å². The number of carbonyl (C=O) groups is 1. The summed E-state index contributed by atoms with van der Waals surface area (Å²) < 4.78 is 1.73. The molecule has 2 heterocycles. The van der Waals surface area contributed by atoms with Crippen molar-refractivity contribution in [3.05, 3.63) is 18.0 Å². The number of carboxylic acid groups (broad SMARTS) is 1. The average Bonchev–Trinajstić information content (AvgIpc) is 2.78. The van der Waals surface area contributed by atoms with Crippen LogP contribution in [0.15, 0.2) is 12.3 Å². The zero-order valence-electron chi connectivity index (χ0n) is 10.3. The normalized spacial score (nSPS) is 21.1. The minimum Gasteiger partial charge on any atom is -0.480 e. The number of piperidine rings is 1. The Bertz CT molecular complexity index is 405. The van der Waals surface area contributed by atoms with E-state index in [9.17, 15) is 4.79 Å². The van der Waals surface area contributed by atoms with E-state index in [0.29, 0.717) is 12.5 Å². The van der Waals surface area contributed by atoms with Crippen LogP contribution in [0.4, 0.5) is 0 Å². The molecule has 1 aliphatic rings. The molecule has 6 heteroatoms. The number of likely N-dealkylation sites (tertiary alicyclic amines) is 1. The number of aliphatic carboxylic acids is 1. The molecule has 0 aromatic carbocycles. The van der Waals surface area contributed by atoms with Crippen LogP contribution in [-0.4, -0.2) is 57.1 Å². The van der Waals surface area contributed by atoms with E-state index in [1.165, 1.54) is 0 Å². The lowest BCUT2D eigenvalue weighted by Crippen LogP contribution is -2.38. The largest absolute Gasteiger partial charge is 0.480 e. The number of carboxylic acids is 1. The third-order valence-corrected chi connectivity index (χ3v) is 3.27. The SMILES string of the molecule is O=C(O)CN1CCC[C@@H](c2ccn(CCO)n2)C1. The molecular weight excluding hydrogens is 234 g/mol. The Hall–Kier alpha value is -1.40. The Morgan fingerprint density at radius 1 is 1.56 bits per heavy atom. The molecule has 1 fully saturated rings. The first kappa shape index (κ1) is 13.0. The Morgan fingerprint density at radius 2 is 2.39 bits per heavy atom. The van der Waals surface area contributed by atoms with E-state index >= 15 is 0 Å². The van der Waals surface area contributed by atoms with Crippen LogP contribution in [0, 0.1) is 0 Å². The monoisotopic (exact) mass is 253 g/mol. The van der Waals surface area contributed by atoms with Crippen LogP contribution in [0.2, 0.25) is 0 Å². The summed E-state index contributed by atoms with van der Waals surface area (Å²) in [6.07, 6.45) is 3.92. The molecule has 0 radical (unpaired) electrons. The maximum Gasteiger partial charge on any atom is 0.317 e. The lowest BCUT2D eigenvalue weighted by molar-refractivity contribution is -0.138. The van der Waals surface area contributed by atoms with E-state index in [-0.39, 0.29) is 13.2 Å². The lowest BCUT2D eigenvalue weighted by Gasteiger charge is -2.30. The van der Waals surface area contributed by atoms with Gasteiger partial charge in [0.2, 0.25) is 0 Å². The van der Waals surface area contributed by atoms with Crippen LogP contribution in [0.3, 0.4) is 0 Å². The quantitative estimate of drug-likeness (QED) is 0.780. The number of hydrogen-bond donors (Lipinski definition) is 2. The molecule has 0 unspecified atom stereocenters. The van der Waals surface area contributed by atoms with Crippen molar-refractivity contribution in [3.8, 4) is 0 Å². The number of aliphatic hydroxyl groups excluding tert-OH is 1. The fraction of sp³-hybridized carbons (Fsp3) is 0.667. The molecule has 0 spiro atoms. The third kappa shape index (κ3) is 3.30. The van der Waals surface area contributed by atoms with Gasteiger partial charge in [-0.3, -0.25) is 14.4 Å². The van der Waals surface area contributed by atoms with Crippen molar-refractivity contribution in [1.82, 2.24) is 14.7 Å². The molecule has 0 aliphatic carbocycles. The molecule has 100 valence electrons. The van der Waals surface area contributed by atoms with Gasteiger partial charge in [0.1, 0.15) is 0 Å². The van der Waals surface area contributed by atoms with Gasteiger partial charge in [0.05, 0.1) is 25.4 Å². The zero-order chi connectivity index (χ0) is 13.0. The molecule has 0 bridgehead atoms. The van der Waals surface area contributed by atoms with E-state index < -0.39 is 5.97 Å². The number of rotatable bonds is 5. The fourth-order valence-corrected chi connectivity index (χ4v) is 2.45. The second-order valence-corrected chi connectivity index (χ2v) is 4.70. The molecule has 2 N–H and O–H groups in total. The van der Waals surface area contributed by atoms with Gasteiger partial charge in [-0.15, -0.1) is 0 Å². The standard InChI is InChI=1S/C12H19N3O3/c16-7-6-15-5-3-11(13-15)10-2-1-4-14(8-10)9-12(17)18/h3,5,10,16H,1-2,4,6-9H2,(H,17,18)/t10-/m1/s1. The summed E-state index contributed by atoms with van der Waals surface area (Å²) >= 11 is 0. The molecule has 1 aromatic heterocycles. The third-order valence-electron chi connectivity index (χ3n) is 3.27. The summed E-state index contributed by atoms with van der Waals surface area (Å²) in [7, 11) is 0. The topological polar surface area (TPSA) is 78.6 Å². The molecule has 1 atom stereocenters. The molecule has 1 aromatic rings. The van der Waals surface area contributed by atoms with Crippen LogP contribution < -0.4 is 0 Å². The van der Waals surface area contributed by atoms with E-state index in [0.717, 1.165) is 31.6 Å². The van der Waals surface area contributed by atoms with Crippen molar-refractivity contribution < 1.29 is 15.0 Å². The van der Waals surface area contributed by atoms with Gasteiger partial charge in [-0.25, -0.2) is 0 Å². The van der Waals surface area contributed by atoms with Crippen molar-refractivity contribution in [2.75, 3.05) is 26.2 Å². The van der Waals surface area contributed by atoms with Crippen molar-refractivity contribution in [2.45, 2.75) is 25.3 Å². The molecule has 0 amide bonds. The summed E-state index contributed by atoms with van der Waals surface area (Å²) in [4.78, 5) is 12.7. The number of aromatic nitrogens is 2. The molecule has 1 aliphatic heterocycles. The summed E-state index contributed by atoms with van der Waals surface area (Å²) in [6, 6.07) is 1.96. The lowest BCUT2D eigenvalue weighted by atomic mass is 9.95. The Labute approximate surface area is 106 Å². The molecular formula is C12H19N3O3. The maximum absolute atomic E-state index is 10.7. The summed E-state index contributed by atoms with van der Waals surface area (Å²) in [5, 5.41) is 22.1. The Balaban J connectivity index is 1.96. The molecule has 6 nitrogen and oxygen atoms in total. The van der Waals surface area contributed by atoms with Gasteiger partial charge < -0.3 is 10.2 Å². The van der Waals surface area contributed by atoms with Gasteiger partial charge >= 0.3 is 5.97 Å². The molecule has 0 saturated carbocycles. The molecule has 2 rings (SSSR count). The Morgan fingerprint density at radius 3 is 3.11 bits per heavy atom.